The third kappa shape index (κ3) is 10.7. The molecular weight excluding hydrogens is 663 g/mol. The van der Waals surface area contributed by atoms with Crippen molar-refractivity contribution in [3.8, 4) is 0 Å². The molecule has 0 bridgehead atoms. The van der Waals surface area contributed by atoms with Gasteiger partial charge in [-0.3, -0.25) is 9.88 Å². The summed E-state index contributed by atoms with van der Waals surface area (Å²) in [5, 5.41) is 1.59. The van der Waals surface area contributed by atoms with Crippen molar-refractivity contribution < 1.29 is 44.8 Å². The number of aromatic nitrogens is 1. The number of nitrogens with zero attached hydrogens (tertiary/aromatic N) is 3. The first-order valence-electron chi connectivity index (χ1n) is 14.9. The van der Waals surface area contributed by atoms with E-state index in [0.29, 0.717) is 17.5 Å². The van der Waals surface area contributed by atoms with Gasteiger partial charge in [-0.15, -0.1) is 0 Å². The zero-order chi connectivity index (χ0) is 35.5. The molecule has 0 radical (unpaired) electrons. The van der Waals surface area contributed by atoms with Crippen molar-refractivity contribution in [2.45, 2.75) is 84.9 Å². The fourth-order valence-electron chi connectivity index (χ4n) is 4.53. The quantitative estimate of drug-likeness (QED) is 0.231. The number of hydrogen-bond donors (Lipinski definition) is 0. The van der Waals surface area contributed by atoms with Crippen molar-refractivity contribution in [2.24, 2.45) is 11.8 Å². The second-order valence-electron chi connectivity index (χ2n) is 13.5. The molecule has 0 unspecified atom stereocenters. The Balaban J connectivity index is 0.000000258. The Morgan fingerprint density at radius 2 is 1.40 bits per heavy atom. The highest BCUT2D eigenvalue weighted by Gasteiger charge is 2.50. The van der Waals surface area contributed by atoms with E-state index in [2.05, 4.69) is 22.2 Å². The van der Waals surface area contributed by atoms with Gasteiger partial charge in [-0.1, -0.05) is 43.7 Å². The van der Waals surface area contributed by atoms with Crippen molar-refractivity contribution in [3.63, 3.8) is 0 Å². The molecule has 15 heteroatoms. The normalized spacial score (nSPS) is 19.2. The Kier molecular flexibility index (Phi) is 11.5. The summed E-state index contributed by atoms with van der Waals surface area (Å²) >= 11 is 6.01. The smallest absolute Gasteiger partial charge is 0.443 e. The number of fused-ring (bicyclic) bond motifs is 1. The summed E-state index contributed by atoms with van der Waals surface area (Å²) in [5.41, 5.74) is -4.29. The third-order valence-electron chi connectivity index (χ3n) is 6.61. The van der Waals surface area contributed by atoms with E-state index in [0.717, 1.165) is 39.6 Å². The molecule has 260 valence electrons. The molecule has 4 rings (SSSR count). The minimum Gasteiger partial charge on any atom is -0.443 e. The van der Waals surface area contributed by atoms with Gasteiger partial charge in [0.05, 0.1) is 16.2 Å². The summed E-state index contributed by atoms with van der Waals surface area (Å²) in [6, 6.07) is 7.86. The number of halogens is 4. The van der Waals surface area contributed by atoms with Crippen LogP contribution in [-0.2, 0) is 23.8 Å². The van der Waals surface area contributed by atoms with Crippen LogP contribution in [0.2, 0.25) is 5.02 Å². The Labute approximate surface area is 278 Å². The van der Waals surface area contributed by atoms with Gasteiger partial charge < -0.3 is 13.7 Å². The van der Waals surface area contributed by atoms with E-state index in [1.54, 1.807) is 38.8 Å². The molecule has 0 aliphatic carbocycles. The maximum atomic E-state index is 12.7. The number of amides is 2. The average Bonchev–Trinajstić information content (AvgIpc) is 2.91. The second kappa shape index (κ2) is 14.3. The van der Waals surface area contributed by atoms with Crippen molar-refractivity contribution >= 4 is 50.5 Å². The molecule has 2 aliphatic heterocycles. The molecule has 0 N–H and O–H groups in total. The minimum atomic E-state index is -5.84. The molecule has 2 amide bonds. The van der Waals surface area contributed by atoms with Gasteiger partial charge in [-0.05, 0) is 84.4 Å². The second-order valence-corrected chi connectivity index (χ2v) is 15.5. The largest absolute Gasteiger partial charge is 0.534 e. The van der Waals surface area contributed by atoms with Gasteiger partial charge in [-0.25, -0.2) is 14.5 Å². The SMILES string of the molecule is C[C@H]1CC=C(OS(=O)(=O)C(F)(F)F)N(C(=O)OC(C)(C)C)C1.C[C@H]1CC=C(c2ccc3cc(Cl)cnc3c2)N(C(=O)OC(C)(C)C)C1. The van der Waals surface area contributed by atoms with Crippen LogP contribution in [0.25, 0.3) is 16.6 Å². The molecule has 0 spiro atoms. The zero-order valence-electron chi connectivity index (χ0n) is 27.6. The predicted octanol–water partition coefficient (Wildman–Crippen LogP) is 8.48. The summed E-state index contributed by atoms with van der Waals surface area (Å²) in [6.07, 6.45) is 4.80. The molecule has 2 aromatic rings. The number of hydrogen-bond acceptors (Lipinski definition) is 8. The van der Waals surface area contributed by atoms with Crippen LogP contribution in [0.1, 0.15) is 73.8 Å². The minimum absolute atomic E-state index is 0.00583. The molecule has 1 aromatic carbocycles. The maximum absolute atomic E-state index is 12.7. The highest BCUT2D eigenvalue weighted by Crippen LogP contribution is 2.32. The van der Waals surface area contributed by atoms with Crippen LogP contribution in [-0.4, -0.2) is 65.2 Å². The van der Waals surface area contributed by atoms with E-state index in [4.69, 9.17) is 21.1 Å². The van der Waals surface area contributed by atoms with E-state index in [1.165, 1.54) is 0 Å². The number of carbonyl (C=O) groups is 2. The Bertz CT molecular complexity index is 1650. The average molecular weight is 704 g/mol. The molecule has 0 saturated heterocycles. The fraction of sp³-hybridized carbons (Fsp3) is 0.531. The highest BCUT2D eigenvalue weighted by molar-refractivity contribution is 7.87. The number of carbonyl (C=O) groups excluding carboxylic acids is 2. The van der Waals surface area contributed by atoms with Gasteiger partial charge in [0.15, 0.2) is 0 Å². The van der Waals surface area contributed by atoms with Crippen LogP contribution in [0.3, 0.4) is 0 Å². The number of pyridine rings is 1. The van der Waals surface area contributed by atoms with Crippen molar-refractivity contribution in [1.29, 1.82) is 0 Å². The maximum Gasteiger partial charge on any atom is 0.534 e. The first-order valence-corrected chi connectivity index (χ1v) is 16.7. The molecule has 1 aromatic heterocycles. The summed E-state index contributed by atoms with van der Waals surface area (Å²) in [4.78, 5) is 31.6. The van der Waals surface area contributed by atoms with E-state index in [9.17, 15) is 31.2 Å². The lowest BCUT2D eigenvalue weighted by molar-refractivity contribution is -0.0546. The third-order valence-corrected chi connectivity index (χ3v) is 7.77. The van der Waals surface area contributed by atoms with Crippen molar-refractivity contribution in [3.05, 3.63) is 59.1 Å². The lowest BCUT2D eigenvalue weighted by atomic mass is 9.98. The van der Waals surface area contributed by atoms with Gasteiger partial charge in [0, 0.05) is 30.2 Å². The molecule has 47 heavy (non-hydrogen) atoms. The summed E-state index contributed by atoms with van der Waals surface area (Å²) in [6.45, 7) is 14.9. The first-order chi connectivity index (χ1) is 21.5. The van der Waals surface area contributed by atoms with E-state index >= 15 is 0 Å². The lowest BCUT2D eigenvalue weighted by Crippen LogP contribution is -2.42. The summed E-state index contributed by atoms with van der Waals surface area (Å²) in [7, 11) is -5.84. The number of allylic oxidation sites excluding steroid dienone is 2. The van der Waals surface area contributed by atoms with Crippen LogP contribution in [0, 0.1) is 11.8 Å². The number of ether oxygens (including phenoxy) is 2. The van der Waals surface area contributed by atoms with Crippen LogP contribution in [0.15, 0.2) is 48.5 Å². The number of benzene rings is 1. The lowest BCUT2D eigenvalue weighted by Gasteiger charge is -2.34. The van der Waals surface area contributed by atoms with Crippen molar-refractivity contribution in [1.82, 2.24) is 14.8 Å². The van der Waals surface area contributed by atoms with Crippen LogP contribution in [0.5, 0.6) is 0 Å². The molecule has 10 nitrogen and oxygen atoms in total. The standard InChI is InChI=1S/C20H23ClN2O2.C12H18F3NO5S/c1-13-5-8-18(23(12-13)19(24)25-20(2,3)4)15-7-6-14-9-16(21)11-22-17(14)10-15;1-8-5-6-9(21-22(18,19)12(13,14)15)16(7-8)10(17)20-11(2,3)4/h6-11,13H,5,12H2,1-4H3;6,8H,5,7H2,1-4H3/t13-;8-/m00/s1. The highest BCUT2D eigenvalue weighted by atomic mass is 35.5. The molecular formula is C32H41ClF3N3O7S. The van der Waals surface area contributed by atoms with Gasteiger partial charge >= 0.3 is 27.8 Å². The van der Waals surface area contributed by atoms with E-state index in [1.807, 2.05) is 45.0 Å². The van der Waals surface area contributed by atoms with Gasteiger partial charge in [-0.2, -0.15) is 21.6 Å². The van der Waals surface area contributed by atoms with Crippen LogP contribution >= 0.6 is 11.6 Å². The monoisotopic (exact) mass is 703 g/mol. The number of rotatable bonds is 3. The number of alkyl halides is 3. The molecule has 3 heterocycles. The van der Waals surface area contributed by atoms with Crippen molar-refractivity contribution in [2.75, 3.05) is 13.1 Å². The van der Waals surface area contributed by atoms with Gasteiger partial charge in [0.1, 0.15) is 11.2 Å². The molecule has 0 fully saturated rings. The van der Waals surface area contributed by atoms with E-state index < -0.39 is 38.8 Å². The predicted molar refractivity (Wildman–Crippen MR) is 172 cm³/mol. The van der Waals surface area contributed by atoms with Crippen LogP contribution < -0.4 is 0 Å². The Morgan fingerprint density at radius 3 is 1.96 bits per heavy atom. The molecule has 2 atom stereocenters. The fourth-order valence-corrected chi connectivity index (χ4v) is 5.18. The molecule has 2 aliphatic rings. The Hall–Kier alpha value is -3.52. The summed E-state index contributed by atoms with van der Waals surface area (Å²) < 4.78 is 74.1. The topological polar surface area (TPSA) is 115 Å². The van der Waals surface area contributed by atoms with Crippen LogP contribution in [0.4, 0.5) is 22.8 Å². The molecule has 0 saturated carbocycles. The first kappa shape index (κ1) is 37.9. The van der Waals surface area contributed by atoms with E-state index in [-0.39, 0.29) is 25.0 Å². The summed E-state index contributed by atoms with van der Waals surface area (Å²) in [5.74, 6) is -0.369. The zero-order valence-corrected chi connectivity index (χ0v) is 29.2. The van der Waals surface area contributed by atoms with Gasteiger partial charge in [0.25, 0.3) is 0 Å². The Morgan fingerprint density at radius 1 is 0.872 bits per heavy atom. The van der Waals surface area contributed by atoms with Gasteiger partial charge in [0.2, 0.25) is 5.88 Å².